The standard InChI is InChI=1S/C23H26N4O2S/c1-16-5-8-19(13-17(16)2)22-25-26-23(29-22)30-15-21(28)24-20-9-6-18(7-10-20)14-27-11-3-4-12-27/h5-10,13H,3-4,11-12,14-15H2,1-2H3,(H,24,28)/p+1. The smallest absolute Gasteiger partial charge is 0.277 e. The van der Waals surface area contributed by atoms with Crippen molar-refractivity contribution in [1.82, 2.24) is 10.2 Å². The van der Waals surface area contributed by atoms with Crippen LogP contribution in [0.1, 0.15) is 29.5 Å². The van der Waals surface area contributed by atoms with Crippen LogP contribution < -0.4 is 10.2 Å². The van der Waals surface area contributed by atoms with Crippen LogP contribution in [0.4, 0.5) is 5.69 Å². The SMILES string of the molecule is Cc1ccc(-c2nnc(SCC(=O)Nc3ccc(C[NH+]4CCCC4)cc3)o2)cc1C. The Bertz CT molecular complexity index is 1010. The predicted octanol–water partition coefficient (Wildman–Crippen LogP) is 3.26. The van der Waals surface area contributed by atoms with Gasteiger partial charge in [0.05, 0.1) is 18.8 Å². The lowest BCUT2D eigenvalue weighted by molar-refractivity contribution is -0.901. The molecule has 0 bridgehead atoms. The maximum absolute atomic E-state index is 12.3. The molecule has 0 atom stereocenters. The molecule has 0 radical (unpaired) electrons. The van der Waals surface area contributed by atoms with Gasteiger partial charge in [-0.3, -0.25) is 4.79 Å². The zero-order valence-electron chi connectivity index (χ0n) is 17.4. The van der Waals surface area contributed by atoms with Gasteiger partial charge in [-0.25, -0.2) is 0 Å². The minimum Gasteiger partial charge on any atom is -0.411 e. The van der Waals surface area contributed by atoms with Crippen molar-refractivity contribution in [1.29, 1.82) is 0 Å². The molecule has 0 saturated carbocycles. The highest BCUT2D eigenvalue weighted by Crippen LogP contribution is 2.25. The summed E-state index contributed by atoms with van der Waals surface area (Å²) in [4.78, 5) is 13.9. The van der Waals surface area contributed by atoms with Crippen LogP contribution in [-0.2, 0) is 11.3 Å². The minimum absolute atomic E-state index is 0.0937. The summed E-state index contributed by atoms with van der Waals surface area (Å²) in [5.41, 5.74) is 5.39. The Balaban J connectivity index is 1.27. The van der Waals surface area contributed by atoms with Crippen LogP contribution in [-0.4, -0.2) is 34.9 Å². The highest BCUT2D eigenvalue weighted by molar-refractivity contribution is 7.99. The Morgan fingerprint density at radius 3 is 2.57 bits per heavy atom. The molecule has 2 N–H and O–H groups in total. The van der Waals surface area contributed by atoms with Gasteiger partial charge in [0.1, 0.15) is 6.54 Å². The number of carbonyl (C=O) groups is 1. The van der Waals surface area contributed by atoms with Crippen LogP contribution in [0.2, 0.25) is 0 Å². The second kappa shape index (κ2) is 9.45. The molecular weight excluding hydrogens is 396 g/mol. The van der Waals surface area contributed by atoms with Crippen molar-refractivity contribution in [3.05, 3.63) is 59.2 Å². The maximum atomic E-state index is 12.3. The third kappa shape index (κ3) is 5.29. The number of likely N-dealkylation sites (tertiary alicyclic amines) is 1. The molecule has 1 amide bonds. The van der Waals surface area contributed by atoms with E-state index in [1.165, 1.54) is 54.4 Å². The van der Waals surface area contributed by atoms with Gasteiger partial charge in [0.2, 0.25) is 11.8 Å². The molecule has 2 aromatic carbocycles. The van der Waals surface area contributed by atoms with Crippen LogP contribution in [0.5, 0.6) is 0 Å². The number of anilines is 1. The summed E-state index contributed by atoms with van der Waals surface area (Å²) in [6.07, 6.45) is 2.65. The van der Waals surface area contributed by atoms with Crippen molar-refractivity contribution in [3.8, 4) is 11.5 Å². The number of aromatic nitrogens is 2. The molecule has 7 heteroatoms. The van der Waals surface area contributed by atoms with Gasteiger partial charge < -0.3 is 14.6 Å². The van der Waals surface area contributed by atoms with E-state index in [0.29, 0.717) is 11.1 Å². The number of aryl methyl sites for hydroxylation is 2. The van der Waals surface area contributed by atoms with E-state index in [2.05, 4.69) is 41.5 Å². The quantitative estimate of drug-likeness (QED) is 0.571. The second-order valence-corrected chi connectivity index (χ2v) is 8.77. The molecule has 0 aliphatic carbocycles. The van der Waals surface area contributed by atoms with E-state index in [1.807, 2.05) is 30.3 Å². The zero-order valence-corrected chi connectivity index (χ0v) is 18.2. The summed E-state index contributed by atoms with van der Waals surface area (Å²) >= 11 is 1.24. The Morgan fingerprint density at radius 2 is 1.83 bits per heavy atom. The number of thioether (sulfide) groups is 1. The van der Waals surface area contributed by atoms with Crippen LogP contribution in [0.15, 0.2) is 52.1 Å². The summed E-state index contributed by atoms with van der Waals surface area (Å²) in [5, 5.41) is 11.5. The molecule has 4 rings (SSSR count). The average Bonchev–Trinajstić information content (AvgIpc) is 3.42. The van der Waals surface area contributed by atoms with Gasteiger partial charge in [0.25, 0.3) is 5.22 Å². The lowest BCUT2D eigenvalue weighted by Crippen LogP contribution is -3.08. The van der Waals surface area contributed by atoms with Crippen molar-refractivity contribution >= 4 is 23.4 Å². The first-order valence-electron chi connectivity index (χ1n) is 10.3. The first kappa shape index (κ1) is 20.6. The van der Waals surface area contributed by atoms with E-state index in [1.54, 1.807) is 4.90 Å². The number of rotatable bonds is 7. The van der Waals surface area contributed by atoms with Crippen LogP contribution >= 0.6 is 11.8 Å². The van der Waals surface area contributed by atoms with Crippen LogP contribution in [0.25, 0.3) is 11.5 Å². The Kier molecular flexibility index (Phi) is 6.50. The second-order valence-electron chi connectivity index (χ2n) is 7.84. The first-order chi connectivity index (χ1) is 14.6. The topological polar surface area (TPSA) is 72.5 Å². The molecule has 3 aromatic rings. The van der Waals surface area contributed by atoms with Crippen molar-refractivity contribution in [3.63, 3.8) is 0 Å². The fourth-order valence-corrected chi connectivity index (χ4v) is 4.19. The summed E-state index contributed by atoms with van der Waals surface area (Å²) in [5.74, 6) is 0.592. The number of hydrogen-bond acceptors (Lipinski definition) is 5. The predicted molar refractivity (Wildman–Crippen MR) is 119 cm³/mol. The molecule has 156 valence electrons. The van der Waals surface area contributed by atoms with E-state index < -0.39 is 0 Å². The highest BCUT2D eigenvalue weighted by atomic mass is 32.2. The number of amides is 1. The number of benzene rings is 2. The summed E-state index contributed by atoms with van der Waals surface area (Å²) in [6, 6.07) is 14.2. The van der Waals surface area contributed by atoms with Gasteiger partial charge in [0.15, 0.2) is 0 Å². The van der Waals surface area contributed by atoms with Crippen molar-refractivity contribution in [2.45, 2.75) is 38.5 Å². The summed E-state index contributed by atoms with van der Waals surface area (Å²) < 4.78 is 5.70. The van der Waals surface area contributed by atoms with E-state index >= 15 is 0 Å². The monoisotopic (exact) mass is 423 g/mol. The van der Waals surface area contributed by atoms with Gasteiger partial charge in [-0.2, -0.15) is 0 Å². The minimum atomic E-state index is -0.0937. The average molecular weight is 424 g/mol. The first-order valence-corrected chi connectivity index (χ1v) is 11.3. The lowest BCUT2D eigenvalue weighted by Gasteiger charge is -2.12. The third-order valence-corrected chi connectivity index (χ3v) is 6.31. The molecule has 1 fully saturated rings. The molecule has 2 heterocycles. The Labute approximate surface area is 181 Å². The van der Waals surface area contributed by atoms with Gasteiger partial charge >= 0.3 is 0 Å². The molecule has 30 heavy (non-hydrogen) atoms. The number of carbonyl (C=O) groups excluding carboxylic acids is 1. The van der Waals surface area contributed by atoms with Gasteiger partial charge in [0, 0.05) is 29.7 Å². The third-order valence-electron chi connectivity index (χ3n) is 5.49. The fraction of sp³-hybridized carbons (Fsp3) is 0.348. The molecule has 1 aliphatic heterocycles. The number of quaternary nitrogens is 1. The highest BCUT2D eigenvalue weighted by Gasteiger charge is 2.16. The maximum Gasteiger partial charge on any atom is 0.277 e. The van der Waals surface area contributed by atoms with E-state index in [0.717, 1.165) is 17.8 Å². The molecule has 6 nitrogen and oxygen atoms in total. The molecule has 0 unspecified atom stereocenters. The molecule has 1 aliphatic rings. The Hall–Kier alpha value is -2.64. The normalized spacial score (nSPS) is 14.2. The number of nitrogens with zero attached hydrogens (tertiary/aromatic N) is 2. The van der Waals surface area contributed by atoms with E-state index in [9.17, 15) is 4.79 Å². The largest absolute Gasteiger partial charge is 0.411 e. The lowest BCUT2D eigenvalue weighted by atomic mass is 10.1. The van der Waals surface area contributed by atoms with Gasteiger partial charge in [-0.15, -0.1) is 10.2 Å². The van der Waals surface area contributed by atoms with E-state index in [-0.39, 0.29) is 11.7 Å². The molecular formula is C23H27N4O2S+. The van der Waals surface area contributed by atoms with Crippen molar-refractivity contribution in [2.24, 2.45) is 0 Å². The number of hydrogen-bond donors (Lipinski definition) is 2. The molecule has 1 aromatic heterocycles. The number of nitrogens with one attached hydrogen (secondary N) is 2. The van der Waals surface area contributed by atoms with Crippen molar-refractivity contribution < 1.29 is 14.1 Å². The van der Waals surface area contributed by atoms with Crippen molar-refractivity contribution in [2.75, 3.05) is 24.2 Å². The Morgan fingerprint density at radius 1 is 1.07 bits per heavy atom. The molecule has 0 spiro atoms. The van der Waals surface area contributed by atoms with Gasteiger partial charge in [-0.1, -0.05) is 30.0 Å². The van der Waals surface area contributed by atoms with Crippen LogP contribution in [0, 0.1) is 13.8 Å². The molecule has 1 saturated heterocycles. The zero-order chi connectivity index (χ0) is 20.9. The summed E-state index contributed by atoms with van der Waals surface area (Å²) in [7, 11) is 0. The van der Waals surface area contributed by atoms with Gasteiger partial charge in [-0.05, 0) is 49.2 Å². The van der Waals surface area contributed by atoms with Crippen LogP contribution in [0.3, 0.4) is 0 Å². The summed E-state index contributed by atoms with van der Waals surface area (Å²) in [6.45, 7) is 7.70. The van der Waals surface area contributed by atoms with E-state index in [4.69, 9.17) is 4.42 Å². The fourth-order valence-electron chi connectivity index (χ4n) is 3.63.